The summed E-state index contributed by atoms with van der Waals surface area (Å²) in [4.78, 5) is 8.28. The third-order valence-corrected chi connectivity index (χ3v) is 1.67. The molecule has 0 aliphatic carbocycles. The van der Waals surface area contributed by atoms with Crippen LogP contribution < -0.4 is 0 Å². The van der Waals surface area contributed by atoms with Crippen LogP contribution in [0.2, 0.25) is 0 Å². The smallest absolute Gasteiger partial charge is 0.143 e. The number of benzene rings is 1. The van der Waals surface area contributed by atoms with Crippen LogP contribution in [0.4, 0.5) is 0 Å². The summed E-state index contributed by atoms with van der Waals surface area (Å²) in [6.07, 6.45) is 1.68. The molecule has 1 aromatic heterocycles. The third kappa shape index (κ3) is 0.993. The molecule has 0 amide bonds. The summed E-state index contributed by atoms with van der Waals surface area (Å²) >= 11 is 0. The van der Waals surface area contributed by atoms with Gasteiger partial charge in [-0.2, -0.15) is 0 Å². The molecule has 0 saturated carbocycles. The minimum atomic E-state index is 0.184. The molecule has 0 saturated heterocycles. The van der Waals surface area contributed by atoms with E-state index in [0.29, 0.717) is 5.52 Å². The van der Waals surface area contributed by atoms with Crippen molar-refractivity contribution in [3.63, 3.8) is 0 Å². The number of fused-ring (bicyclic) bond motifs is 1. The molecule has 3 nitrogen and oxygen atoms in total. The molecule has 1 aromatic carbocycles. The summed E-state index contributed by atoms with van der Waals surface area (Å²) < 4.78 is 0. The van der Waals surface area contributed by atoms with Crippen LogP contribution in [0.3, 0.4) is 0 Å². The predicted molar refractivity (Wildman–Crippen MR) is 45.9 cm³/mol. The zero-order valence-corrected chi connectivity index (χ0v) is 6.65. The van der Waals surface area contributed by atoms with Gasteiger partial charge in [0.2, 0.25) is 0 Å². The molecule has 2 rings (SSSR count). The van der Waals surface area contributed by atoms with Crippen molar-refractivity contribution < 1.29 is 5.11 Å². The molecule has 0 bridgehead atoms. The summed E-state index contributed by atoms with van der Waals surface area (Å²) in [7, 11) is 0. The van der Waals surface area contributed by atoms with Crippen molar-refractivity contribution in [1.29, 1.82) is 0 Å². The van der Waals surface area contributed by atoms with E-state index in [2.05, 4.69) is 9.97 Å². The van der Waals surface area contributed by atoms with Gasteiger partial charge in [-0.05, 0) is 19.1 Å². The Bertz CT molecular complexity index is 426. The number of rotatable bonds is 0. The maximum Gasteiger partial charge on any atom is 0.143 e. The Kier molecular flexibility index (Phi) is 1.43. The highest BCUT2D eigenvalue weighted by Crippen LogP contribution is 2.19. The first kappa shape index (κ1) is 7.03. The molecular weight excluding hydrogens is 152 g/mol. The Morgan fingerprint density at radius 3 is 3.00 bits per heavy atom. The van der Waals surface area contributed by atoms with Gasteiger partial charge in [0.25, 0.3) is 0 Å². The number of para-hydroxylation sites is 1. The highest BCUT2D eigenvalue weighted by atomic mass is 16.3. The molecular formula is C9H8N2O. The van der Waals surface area contributed by atoms with Gasteiger partial charge in [0, 0.05) is 6.20 Å². The Hall–Kier alpha value is -1.64. The Morgan fingerprint density at radius 1 is 1.33 bits per heavy atom. The number of aromatic nitrogens is 2. The normalized spacial score (nSPS) is 10.4. The van der Waals surface area contributed by atoms with Crippen molar-refractivity contribution in [2.75, 3.05) is 0 Å². The van der Waals surface area contributed by atoms with E-state index in [4.69, 9.17) is 0 Å². The van der Waals surface area contributed by atoms with E-state index in [1.54, 1.807) is 18.3 Å². The van der Waals surface area contributed by atoms with E-state index in [-0.39, 0.29) is 5.75 Å². The number of aryl methyl sites for hydroxylation is 1. The second-order valence-corrected chi connectivity index (χ2v) is 2.66. The van der Waals surface area contributed by atoms with Gasteiger partial charge in [-0.25, -0.2) is 4.98 Å². The van der Waals surface area contributed by atoms with Crippen LogP contribution in [0.5, 0.6) is 5.75 Å². The maximum atomic E-state index is 9.39. The van der Waals surface area contributed by atoms with E-state index in [0.717, 1.165) is 11.2 Å². The molecule has 0 spiro atoms. The fraction of sp³-hybridized carbons (Fsp3) is 0.111. The molecule has 1 heterocycles. The number of phenols is 1. The lowest BCUT2D eigenvalue weighted by molar-refractivity contribution is 0.480. The van der Waals surface area contributed by atoms with E-state index >= 15 is 0 Å². The van der Waals surface area contributed by atoms with Crippen molar-refractivity contribution in [3.8, 4) is 5.75 Å². The zero-order valence-electron chi connectivity index (χ0n) is 6.65. The van der Waals surface area contributed by atoms with Crippen molar-refractivity contribution in [1.82, 2.24) is 9.97 Å². The molecule has 0 aliphatic rings. The second-order valence-electron chi connectivity index (χ2n) is 2.66. The largest absolute Gasteiger partial charge is 0.506 e. The molecule has 1 N–H and O–H groups in total. The second kappa shape index (κ2) is 2.44. The maximum absolute atomic E-state index is 9.39. The van der Waals surface area contributed by atoms with Gasteiger partial charge in [-0.1, -0.05) is 6.07 Å². The lowest BCUT2D eigenvalue weighted by Gasteiger charge is -1.98. The number of nitrogens with zero attached hydrogens (tertiary/aromatic N) is 2. The summed E-state index contributed by atoms with van der Waals surface area (Å²) in [6, 6.07) is 5.18. The Balaban J connectivity index is 2.88. The van der Waals surface area contributed by atoms with Gasteiger partial charge in [-0.3, -0.25) is 4.98 Å². The van der Waals surface area contributed by atoms with Crippen molar-refractivity contribution in [2.24, 2.45) is 0 Å². The van der Waals surface area contributed by atoms with Gasteiger partial charge < -0.3 is 5.11 Å². The van der Waals surface area contributed by atoms with Gasteiger partial charge in [0.1, 0.15) is 11.3 Å². The standard InChI is InChI=1S/C9H8N2O/c1-6-5-10-7-3-2-4-8(12)9(7)11-6/h2-5,12H,1H3. The van der Waals surface area contributed by atoms with Gasteiger partial charge >= 0.3 is 0 Å². The first-order chi connectivity index (χ1) is 5.77. The quantitative estimate of drug-likeness (QED) is 0.637. The molecule has 60 valence electrons. The van der Waals surface area contributed by atoms with Crippen LogP contribution in [-0.4, -0.2) is 15.1 Å². The predicted octanol–water partition coefficient (Wildman–Crippen LogP) is 1.64. The SMILES string of the molecule is Cc1cnc2cccc(O)c2n1. The molecule has 0 atom stereocenters. The molecule has 3 heteroatoms. The number of hydrogen-bond donors (Lipinski definition) is 1. The Morgan fingerprint density at radius 2 is 2.17 bits per heavy atom. The fourth-order valence-corrected chi connectivity index (χ4v) is 1.11. The minimum Gasteiger partial charge on any atom is -0.506 e. The number of phenolic OH excluding ortho intramolecular Hbond substituents is 1. The van der Waals surface area contributed by atoms with Crippen LogP contribution in [0.15, 0.2) is 24.4 Å². The number of hydrogen-bond acceptors (Lipinski definition) is 3. The van der Waals surface area contributed by atoms with Gasteiger partial charge in [-0.15, -0.1) is 0 Å². The first-order valence-electron chi connectivity index (χ1n) is 3.69. The van der Waals surface area contributed by atoms with Gasteiger partial charge in [0.15, 0.2) is 0 Å². The topological polar surface area (TPSA) is 46.0 Å². The molecule has 0 aliphatic heterocycles. The van der Waals surface area contributed by atoms with E-state index < -0.39 is 0 Å². The van der Waals surface area contributed by atoms with Crippen LogP contribution in [-0.2, 0) is 0 Å². The van der Waals surface area contributed by atoms with E-state index in [1.807, 2.05) is 13.0 Å². The van der Waals surface area contributed by atoms with E-state index in [1.165, 1.54) is 0 Å². The average Bonchev–Trinajstić information content (AvgIpc) is 2.07. The average molecular weight is 160 g/mol. The third-order valence-electron chi connectivity index (χ3n) is 1.67. The fourth-order valence-electron chi connectivity index (χ4n) is 1.11. The van der Waals surface area contributed by atoms with Crippen LogP contribution in [0.25, 0.3) is 11.0 Å². The number of aromatic hydroxyl groups is 1. The molecule has 12 heavy (non-hydrogen) atoms. The summed E-state index contributed by atoms with van der Waals surface area (Å²) in [6.45, 7) is 1.85. The summed E-state index contributed by atoms with van der Waals surface area (Å²) in [5.41, 5.74) is 2.10. The van der Waals surface area contributed by atoms with Crippen molar-refractivity contribution in [3.05, 3.63) is 30.1 Å². The molecule has 0 fully saturated rings. The monoisotopic (exact) mass is 160 g/mol. The van der Waals surface area contributed by atoms with Crippen LogP contribution in [0, 0.1) is 6.92 Å². The van der Waals surface area contributed by atoms with Gasteiger partial charge in [0.05, 0.1) is 11.2 Å². The van der Waals surface area contributed by atoms with Crippen LogP contribution >= 0.6 is 0 Å². The molecule has 2 aromatic rings. The van der Waals surface area contributed by atoms with Crippen LogP contribution in [0.1, 0.15) is 5.69 Å². The first-order valence-corrected chi connectivity index (χ1v) is 3.69. The lowest BCUT2D eigenvalue weighted by Crippen LogP contribution is -1.86. The minimum absolute atomic E-state index is 0.184. The van der Waals surface area contributed by atoms with Crippen molar-refractivity contribution >= 4 is 11.0 Å². The lowest BCUT2D eigenvalue weighted by atomic mass is 10.3. The molecule has 0 unspecified atom stereocenters. The highest BCUT2D eigenvalue weighted by Gasteiger charge is 2.00. The molecule has 0 radical (unpaired) electrons. The van der Waals surface area contributed by atoms with E-state index in [9.17, 15) is 5.11 Å². The zero-order chi connectivity index (χ0) is 8.55. The summed E-state index contributed by atoms with van der Waals surface area (Å²) in [5.74, 6) is 0.184. The van der Waals surface area contributed by atoms with Crippen molar-refractivity contribution in [2.45, 2.75) is 6.92 Å². The Labute approximate surface area is 69.7 Å². The highest BCUT2D eigenvalue weighted by molar-refractivity contribution is 5.80. The summed E-state index contributed by atoms with van der Waals surface area (Å²) in [5, 5.41) is 9.39.